The zero-order valence-electron chi connectivity index (χ0n) is 10.1. The quantitative estimate of drug-likeness (QED) is 0.890. The van der Waals surface area contributed by atoms with E-state index in [1.165, 1.54) is 5.56 Å². The van der Waals surface area contributed by atoms with Crippen LogP contribution in [-0.2, 0) is 4.79 Å². The molecule has 1 aromatic heterocycles. The SMILES string of the molecule is Cc1ccc(-c2cc(C(C)C(=O)O)cs2)cc1Br. The maximum absolute atomic E-state index is 10.9. The Balaban J connectivity index is 2.35. The predicted octanol–water partition coefficient (Wildman–Crippen LogP) is 4.67. The number of carbonyl (C=O) groups is 1. The molecule has 0 aliphatic carbocycles. The summed E-state index contributed by atoms with van der Waals surface area (Å²) >= 11 is 5.09. The summed E-state index contributed by atoms with van der Waals surface area (Å²) < 4.78 is 1.07. The van der Waals surface area contributed by atoms with Gasteiger partial charge in [0.2, 0.25) is 0 Å². The van der Waals surface area contributed by atoms with Gasteiger partial charge in [-0.05, 0) is 48.1 Å². The smallest absolute Gasteiger partial charge is 0.310 e. The van der Waals surface area contributed by atoms with Crippen molar-refractivity contribution < 1.29 is 9.90 Å². The fourth-order valence-corrected chi connectivity index (χ4v) is 3.00. The Labute approximate surface area is 118 Å². The first-order chi connectivity index (χ1) is 8.49. The van der Waals surface area contributed by atoms with Crippen LogP contribution in [0.1, 0.15) is 24.0 Å². The minimum Gasteiger partial charge on any atom is -0.481 e. The highest BCUT2D eigenvalue weighted by molar-refractivity contribution is 9.10. The van der Waals surface area contributed by atoms with E-state index in [2.05, 4.69) is 34.1 Å². The molecule has 94 valence electrons. The molecule has 0 bridgehead atoms. The Morgan fingerprint density at radius 1 is 1.39 bits per heavy atom. The molecule has 0 spiro atoms. The maximum atomic E-state index is 10.9. The van der Waals surface area contributed by atoms with Gasteiger partial charge in [0.05, 0.1) is 5.92 Å². The van der Waals surface area contributed by atoms with E-state index in [9.17, 15) is 4.79 Å². The van der Waals surface area contributed by atoms with Crippen LogP contribution in [0.5, 0.6) is 0 Å². The van der Waals surface area contributed by atoms with Crippen LogP contribution >= 0.6 is 27.3 Å². The van der Waals surface area contributed by atoms with Crippen molar-refractivity contribution in [1.82, 2.24) is 0 Å². The second-order valence-corrected chi connectivity index (χ2v) is 6.03. The average molecular weight is 325 g/mol. The Hall–Kier alpha value is -1.13. The first-order valence-corrected chi connectivity index (χ1v) is 7.24. The molecule has 1 unspecified atom stereocenters. The highest BCUT2D eigenvalue weighted by atomic mass is 79.9. The van der Waals surface area contributed by atoms with Crippen molar-refractivity contribution in [2.75, 3.05) is 0 Å². The van der Waals surface area contributed by atoms with E-state index in [-0.39, 0.29) is 0 Å². The normalized spacial score (nSPS) is 12.4. The molecular formula is C14H13BrO2S. The lowest BCUT2D eigenvalue weighted by Crippen LogP contribution is -2.05. The molecule has 0 amide bonds. The van der Waals surface area contributed by atoms with Crippen LogP contribution < -0.4 is 0 Å². The fourth-order valence-electron chi connectivity index (χ4n) is 1.62. The number of rotatable bonds is 3. The van der Waals surface area contributed by atoms with Crippen LogP contribution in [0, 0.1) is 6.92 Å². The summed E-state index contributed by atoms with van der Waals surface area (Å²) in [4.78, 5) is 12.0. The number of carboxylic acid groups (broad SMARTS) is 1. The summed E-state index contributed by atoms with van der Waals surface area (Å²) in [7, 11) is 0. The summed E-state index contributed by atoms with van der Waals surface area (Å²) in [6, 6.07) is 8.14. The summed E-state index contributed by atoms with van der Waals surface area (Å²) in [5.41, 5.74) is 3.16. The third-order valence-electron chi connectivity index (χ3n) is 2.95. The van der Waals surface area contributed by atoms with Crippen LogP contribution in [0.3, 0.4) is 0 Å². The fraction of sp³-hybridized carbons (Fsp3) is 0.214. The van der Waals surface area contributed by atoms with Crippen LogP contribution in [0.25, 0.3) is 10.4 Å². The van der Waals surface area contributed by atoms with Crippen molar-refractivity contribution in [2.24, 2.45) is 0 Å². The zero-order valence-corrected chi connectivity index (χ0v) is 12.5. The standard InChI is InChI=1S/C14H13BrO2S/c1-8-3-4-10(5-12(8)15)13-6-11(7-18-13)9(2)14(16)17/h3-7,9H,1-2H3,(H,16,17). The molecule has 0 fully saturated rings. The van der Waals surface area contributed by atoms with Crippen LogP contribution in [0.15, 0.2) is 34.1 Å². The molecule has 4 heteroatoms. The van der Waals surface area contributed by atoms with E-state index in [0.29, 0.717) is 0 Å². The topological polar surface area (TPSA) is 37.3 Å². The van der Waals surface area contributed by atoms with E-state index >= 15 is 0 Å². The molecular weight excluding hydrogens is 312 g/mol. The summed E-state index contributed by atoms with van der Waals surface area (Å²) in [6.45, 7) is 3.75. The van der Waals surface area contributed by atoms with Gasteiger partial charge in [-0.2, -0.15) is 0 Å². The van der Waals surface area contributed by atoms with Gasteiger partial charge in [0, 0.05) is 9.35 Å². The first kappa shape index (κ1) is 13.3. The molecule has 1 heterocycles. The molecule has 0 aliphatic heterocycles. The van der Waals surface area contributed by atoms with Gasteiger partial charge in [0.15, 0.2) is 0 Å². The van der Waals surface area contributed by atoms with Crippen LogP contribution in [-0.4, -0.2) is 11.1 Å². The summed E-state index contributed by atoms with van der Waals surface area (Å²) in [5.74, 6) is -1.24. The first-order valence-electron chi connectivity index (χ1n) is 5.57. The van der Waals surface area contributed by atoms with Crippen molar-refractivity contribution >= 4 is 33.2 Å². The van der Waals surface area contributed by atoms with Gasteiger partial charge >= 0.3 is 5.97 Å². The van der Waals surface area contributed by atoms with E-state index in [4.69, 9.17) is 5.11 Å². The molecule has 1 aromatic carbocycles. The molecule has 18 heavy (non-hydrogen) atoms. The Morgan fingerprint density at radius 3 is 2.72 bits per heavy atom. The lowest BCUT2D eigenvalue weighted by Gasteiger charge is -2.03. The average Bonchev–Trinajstić information content (AvgIpc) is 2.81. The van der Waals surface area contributed by atoms with Gasteiger partial charge in [-0.15, -0.1) is 11.3 Å². The third kappa shape index (κ3) is 2.65. The molecule has 0 aliphatic rings. The van der Waals surface area contributed by atoms with Crippen molar-refractivity contribution in [3.63, 3.8) is 0 Å². The minimum absolute atomic E-state index is 0.455. The van der Waals surface area contributed by atoms with Gasteiger partial charge in [-0.1, -0.05) is 28.1 Å². The van der Waals surface area contributed by atoms with Crippen molar-refractivity contribution in [3.05, 3.63) is 45.2 Å². The van der Waals surface area contributed by atoms with Gasteiger partial charge in [-0.3, -0.25) is 4.79 Å². The van der Waals surface area contributed by atoms with Crippen molar-refractivity contribution in [2.45, 2.75) is 19.8 Å². The van der Waals surface area contributed by atoms with Gasteiger partial charge < -0.3 is 5.11 Å². The van der Waals surface area contributed by atoms with Gasteiger partial charge in [0.25, 0.3) is 0 Å². The van der Waals surface area contributed by atoms with Crippen LogP contribution in [0.4, 0.5) is 0 Å². The number of hydrogen-bond acceptors (Lipinski definition) is 2. The number of benzene rings is 1. The number of hydrogen-bond donors (Lipinski definition) is 1. The second-order valence-electron chi connectivity index (χ2n) is 4.27. The highest BCUT2D eigenvalue weighted by Crippen LogP contribution is 2.32. The third-order valence-corrected chi connectivity index (χ3v) is 4.80. The molecule has 1 atom stereocenters. The zero-order chi connectivity index (χ0) is 13.3. The monoisotopic (exact) mass is 324 g/mol. The lowest BCUT2D eigenvalue weighted by atomic mass is 10.0. The Bertz CT molecular complexity index is 589. The van der Waals surface area contributed by atoms with Crippen molar-refractivity contribution in [3.8, 4) is 10.4 Å². The van der Waals surface area contributed by atoms with Gasteiger partial charge in [0.1, 0.15) is 0 Å². The van der Waals surface area contributed by atoms with Crippen molar-refractivity contribution in [1.29, 1.82) is 0 Å². The van der Waals surface area contributed by atoms with E-state index < -0.39 is 11.9 Å². The number of aliphatic carboxylic acids is 1. The number of thiophene rings is 1. The molecule has 2 rings (SSSR count). The minimum atomic E-state index is -0.788. The Kier molecular flexibility index (Phi) is 3.88. The largest absolute Gasteiger partial charge is 0.481 e. The lowest BCUT2D eigenvalue weighted by molar-refractivity contribution is -0.138. The Morgan fingerprint density at radius 2 is 2.11 bits per heavy atom. The van der Waals surface area contributed by atoms with E-state index in [1.807, 2.05) is 18.4 Å². The predicted molar refractivity (Wildman–Crippen MR) is 78.2 cm³/mol. The molecule has 0 saturated carbocycles. The number of carboxylic acids is 1. The molecule has 2 nitrogen and oxygen atoms in total. The van der Waals surface area contributed by atoms with Crippen LogP contribution in [0.2, 0.25) is 0 Å². The van der Waals surface area contributed by atoms with Gasteiger partial charge in [-0.25, -0.2) is 0 Å². The number of halogens is 1. The molecule has 0 saturated heterocycles. The molecule has 1 N–H and O–H groups in total. The van der Waals surface area contributed by atoms with E-state index in [0.717, 1.165) is 20.5 Å². The summed E-state index contributed by atoms with van der Waals surface area (Å²) in [5, 5.41) is 10.9. The second kappa shape index (κ2) is 5.24. The number of aryl methyl sites for hydroxylation is 1. The van der Waals surface area contributed by atoms with E-state index in [1.54, 1.807) is 18.3 Å². The molecule has 2 aromatic rings. The summed E-state index contributed by atoms with van der Waals surface area (Å²) in [6.07, 6.45) is 0. The maximum Gasteiger partial charge on any atom is 0.310 e. The highest BCUT2D eigenvalue weighted by Gasteiger charge is 2.15. The molecule has 0 radical (unpaired) electrons.